The molecule has 1 saturated heterocycles. The summed E-state index contributed by atoms with van der Waals surface area (Å²) < 4.78 is 2.20. The first-order chi connectivity index (χ1) is 16.7. The van der Waals surface area contributed by atoms with Gasteiger partial charge in [-0.1, -0.05) is 36.7 Å². The van der Waals surface area contributed by atoms with Crippen molar-refractivity contribution in [1.29, 1.82) is 0 Å². The summed E-state index contributed by atoms with van der Waals surface area (Å²) in [5.41, 5.74) is 6.99. The number of carbonyl (C=O) groups is 3. The Labute approximate surface area is 214 Å². The fourth-order valence-electron chi connectivity index (χ4n) is 4.26. The number of rotatable bonds is 6. The lowest BCUT2D eigenvalue weighted by molar-refractivity contribution is -0.127. The fourth-order valence-corrected chi connectivity index (χ4v) is 5.21. The zero-order valence-electron chi connectivity index (χ0n) is 20.0. The number of thioether (sulfide) groups is 1. The number of benzene rings is 2. The molecule has 0 atom stereocenters. The van der Waals surface area contributed by atoms with Gasteiger partial charge in [0, 0.05) is 22.1 Å². The van der Waals surface area contributed by atoms with E-state index in [4.69, 9.17) is 11.6 Å². The molecule has 6 nitrogen and oxygen atoms in total. The van der Waals surface area contributed by atoms with E-state index in [0.29, 0.717) is 15.6 Å². The molecule has 0 spiro atoms. The molecule has 0 unspecified atom stereocenters. The van der Waals surface area contributed by atoms with Crippen molar-refractivity contribution < 1.29 is 14.4 Å². The van der Waals surface area contributed by atoms with Gasteiger partial charge in [0.25, 0.3) is 11.1 Å². The lowest BCUT2D eigenvalue weighted by Gasteiger charge is -2.17. The number of carbonyl (C=O) groups excluding carboxylic acids is 3. The van der Waals surface area contributed by atoms with Crippen LogP contribution < -0.4 is 5.32 Å². The number of aryl methyl sites for hydroxylation is 3. The number of para-hydroxylation sites is 1. The molecule has 1 aliphatic heterocycles. The Hall–Kier alpha value is -3.29. The van der Waals surface area contributed by atoms with Crippen LogP contribution >= 0.6 is 23.4 Å². The molecule has 4 rings (SSSR count). The van der Waals surface area contributed by atoms with Crippen molar-refractivity contribution in [3.63, 3.8) is 0 Å². The highest BCUT2D eigenvalue weighted by Gasteiger charge is 2.36. The maximum Gasteiger partial charge on any atom is 0.294 e. The summed E-state index contributed by atoms with van der Waals surface area (Å²) in [4.78, 5) is 39.3. The van der Waals surface area contributed by atoms with Crippen LogP contribution in [0.25, 0.3) is 11.8 Å². The van der Waals surface area contributed by atoms with E-state index in [-0.39, 0.29) is 6.54 Å². The highest BCUT2D eigenvalue weighted by atomic mass is 35.5. The molecule has 0 aliphatic carbocycles. The zero-order valence-corrected chi connectivity index (χ0v) is 21.6. The zero-order chi connectivity index (χ0) is 25.3. The maximum absolute atomic E-state index is 13.0. The Bertz CT molecular complexity index is 1360. The quantitative estimate of drug-likeness (QED) is 0.398. The molecule has 0 bridgehead atoms. The number of amides is 3. The van der Waals surface area contributed by atoms with E-state index in [1.807, 2.05) is 19.9 Å². The molecule has 180 valence electrons. The second-order valence-corrected chi connectivity index (χ2v) is 9.85. The van der Waals surface area contributed by atoms with Crippen molar-refractivity contribution in [3.8, 4) is 5.69 Å². The summed E-state index contributed by atoms with van der Waals surface area (Å²) in [6.45, 7) is 7.91. The molecule has 1 fully saturated rings. The summed E-state index contributed by atoms with van der Waals surface area (Å²) >= 11 is 6.71. The number of hydrogen-bond acceptors (Lipinski definition) is 4. The smallest absolute Gasteiger partial charge is 0.294 e. The van der Waals surface area contributed by atoms with Gasteiger partial charge in [-0.15, -0.1) is 0 Å². The van der Waals surface area contributed by atoms with Crippen LogP contribution in [0.4, 0.5) is 10.5 Å². The van der Waals surface area contributed by atoms with Crippen molar-refractivity contribution >= 4 is 52.2 Å². The molecule has 1 aliphatic rings. The van der Waals surface area contributed by atoms with Gasteiger partial charge < -0.3 is 9.88 Å². The van der Waals surface area contributed by atoms with E-state index in [2.05, 4.69) is 41.9 Å². The monoisotopic (exact) mass is 507 g/mol. The van der Waals surface area contributed by atoms with Crippen molar-refractivity contribution in [2.75, 3.05) is 11.9 Å². The Balaban J connectivity index is 1.57. The highest BCUT2D eigenvalue weighted by molar-refractivity contribution is 8.18. The topological polar surface area (TPSA) is 71.4 Å². The van der Waals surface area contributed by atoms with Crippen LogP contribution in [0.15, 0.2) is 53.4 Å². The number of imide groups is 1. The average Bonchev–Trinajstić information content (AvgIpc) is 3.24. The molecular weight excluding hydrogens is 482 g/mol. The normalized spacial score (nSPS) is 14.8. The molecule has 0 saturated carbocycles. The van der Waals surface area contributed by atoms with Crippen LogP contribution in [0.2, 0.25) is 5.02 Å². The first kappa shape index (κ1) is 24.8. The summed E-state index contributed by atoms with van der Waals surface area (Å²) in [6, 6.07) is 14.9. The van der Waals surface area contributed by atoms with Crippen LogP contribution in [0.5, 0.6) is 0 Å². The van der Waals surface area contributed by atoms with Crippen molar-refractivity contribution in [1.82, 2.24) is 9.47 Å². The molecule has 2 heterocycles. The molecule has 3 amide bonds. The molecule has 2 aromatic carbocycles. The van der Waals surface area contributed by atoms with E-state index in [1.54, 1.807) is 30.3 Å². The van der Waals surface area contributed by atoms with Crippen LogP contribution in [-0.4, -0.2) is 33.1 Å². The van der Waals surface area contributed by atoms with Gasteiger partial charge in [0.15, 0.2) is 0 Å². The Kier molecular flexibility index (Phi) is 7.19. The summed E-state index contributed by atoms with van der Waals surface area (Å²) in [5.74, 6) is -0.929. The van der Waals surface area contributed by atoms with E-state index in [9.17, 15) is 14.4 Å². The summed E-state index contributed by atoms with van der Waals surface area (Å²) in [6.07, 6.45) is 2.64. The first-order valence-corrected chi connectivity index (χ1v) is 12.5. The minimum Gasteiger partial charge on any atom is -0.325 e. The summed E-state index contributed by atoms with van der Waals surface area (Å²) in [7, 11) is 0. The van der Waals surface area contributed by atoms with Gasteiger partial charge in [0.05, 0.1) is 10.6 Å². The highest BCUT2D eigenvalue weighted by Crippen LogP contribution is 2.34. The Morgan fingerprint density at radius 3 is 2.49 bits per heavy atom. The van der Waals surface area contributed by atoms with Gasteiger partial charge in [0.1, 0.15) is 6.54 Å². The van der Waals surface area contributed by atoms with Gasteiger partial charge in [-0.25, -0.2) is 0 Å². The van der Waals surface area contributed by atoms with Gasteiger partial charge in [0.2, 0.25) is 5.91 Å². The third-order valence-electron chi connectivity index (χ3n) is 5.99. The van der Waals surface area contributed by atoms with Gasteiger partial charge in [-0.05, 0) is 92.1 Å². The van der Waals surface area contributed by atoms with Crippen LogP contribution in [0, 0.1) is 20.8 Å². The van der Waals surface area contributed by atoms with E-state index in [0.717, 1.165) is 45.7 Å². The number of halogens is 1. The third kappa shape index (κ3) is 5.06. The minimum atomic E-state index is -0.471. The number of aromatic nitrogens is 1. The van der Waals surface area contributed by atoms with E-state index >= 15 is 0 Å². The predicted octanol–water partition coefficient (Wildman–Crippen LogP) is 6.29. The Morgan fingerprint density at radius 2 is 1.80 bits per heavy atom. The second-order valence-electron chi connectivity index (χ2n) is 8.42. The number of nitrogens with one attached hydrogen (secondary N) is 1. The molecule has 3 aromatic rings. The van der Waals surface area contributed by atoms with Gasteiger partial charge in [-0.2, -0.15) is 0 Å². The van der Waals surface area contributed by atoms with Gasteiger partial charge >= 0.3 is 0 Å². The SMILES string of the molecule is CCc1cccc(C)c1-n1c(C)cc(/C=C2\SC(=O)N(CC(=O)Nc3ccc(Cl)cc3)C2=O)c1C. The lowest BCUT2D eigenvalue weighted by Crippen LogP contribution is -2.36. The van der Waals surface area contributed by atoms with Gasteiger partial charge in [-0.3, -0.25) is 19.3 Å². The number of anilines is 1. The largest absolute Gasteiger partial charge is 0.325 e. The van der Waals surface area contributed by atoms with Crippen LogP contribution in [-0.2, 0) is 16.0 Å². The summed E-state index contributed by atoms with van der Waals surface area (Å²) in [5, 5.41) is 2.76. The van der Waals surface area contributed by atoms with E-state index < -0.39 is 17.1 Å². The van der Waals surface area contributed by atoms with Crippen molar-refractivity contribution in [3.05, 3.63) is 86.5 Å². The first-order valence-electron chi connectivity index (χ1n) is 11.3. The molecule has 1 N–H and O–H groups in total. The molecule has 8 heteroatoms. The predicted molar refractivity (Wildman–Crippen MR) is 142 cm³/mol. The second kappa shape index (κ2) is 10.1. The third-order valence-corrected chi connectivity index (χ3v) is 7.15. The van der Waals surface area contributed by atoms with Crippen LogP contribution in [0.3, 0.4) is 0 Å². The number of nitrogens with zero attached hydrogens (tertiary/aromatic N) is 2. The molecule has 0 radical (unpaired) electrons. The average molecular weight is 508 g/mol. The van der Waals surface area contributed by atoms with Crippen LogP contribution in [0.1, 0.15) is 35.0 Å². The van der Waals surface area contributed by atoms with E-state index in [1.165, 1.54) is 11.1 Å². The molecule has 1 aromatic heterocycles. The molecular formula is C27H26ClN3O3S. The van der Waals surface area contributed by atoms with Crippen molar-refractivity contribution in [2.24, 2.45) is 0 Å². The fraction of sp³-hybridized carbons (Fsp3) is 0.222. The Morgan fingerprint density at radius 1 is 1.09 bits per heavy atom. The maximum atomic E-state index is 13.0. The standard InChI is InChI=1S/C27H26ClN3O3S/c1-5-19-8-6-7-16(2)25(19)31-17(3)13-20(18(31)4)14-23-26(33)30(27(34)35-23)15-24(32)29-22-11-9-21(28)10-12-22/h6-14H,5,15H2,1-4H3,(H,29,32)/b23-14-. The van der Waals surface area contributed by atoms with Crippen molar-refractivity contribution in [2.45, 2.75) is 34.1 Å². The minimum absolute atomic E-state index is 0.301. The molecule has 35 heavy (non-hydrogen) atoms. The lowest BCUT2D eigenvalue weighted by atomic mass is 10.1. The number of hydrogen-bond donors (Lipinski definition) is 1.